The summed E-state index contributed by atoms with van der Waals surface area (Å²) in [5.41, 5.74) is 5.84. The summed E-state index contributed by atoms with van der Waals surface area (Å²) in [4.78, 5) is 28.7. The zero-order valence-corrected chi connectivity index (χ0v) is 25.5. The third-order valence-corrected chi connectivity index (χ3v) is 7.39. The second kappa shape index (κ2) is 16.8. The zero-order valence-electron chi connectivity index (χ0n) is 25.5. The standard InChI is InChI=1S/C35H47N3O4/c1-5-15-38(16-6-2)35(42)31-18-25(4)17-30(21-31)34(41)37-32(20-27-11-13-28(24-39)14-12-27)33(40)23-36-22-29-10-8-9-26(7-3)19-29/h8-14,17-19,21,32-33,36,39-40H,5-7,15-16,20,22-24H2,1-4H3,(H,37,41)/t32-,33+/m0/s1. The van der Waals surface area contributed by atoms with Crippen LogP contribution in [0.5, 0.6) is 0 Å². The first-order valence-corrected chi connectivity index (χ1v) is 15.1. The summed E-state index contributed by atoms with van der Waals surface area (Å²) in [6.07, 6.45) is 2.23. The number of aliphatic hydroxyl groups is 2. The molecule has 7 heteroatoms. The normalized spacial score (nSPS) is 12.5. The maximum atomic E-state index is 13.6. The second-order valence-corrected chi connectivity index (χ2v) is 11.0. The molecular formula is C35H47N3O4. The van der Waals surface area contributed by atoms with E-state index in [2.05, 4.69) is 35.8 Å². The van der Waals surface area contributed by atoms with Crippen LogP contribution in [-0.4, -0.2) is 58.7 Å². The molecule has 226 valence electrons. The minimum Gasteiger partial charge on any atom is -0.392 e. The van der Waals surface area contributed by atoms with Crippen LogP contribution in [0.15, 0.2) is 66.7 Å². The Labute approximate surface area is 251 Å². The fourth-order valence-electron chi connectivity index (χ4n) is 5.11. The number of carbonyl (C=O) groups is 2. The van der Waals surface area contributed by atoms with Gasteiger partial charge in [-0.3, -0.25) is 9.59 Å². The predicted molar refractivity (Wildman–Crippen MR) is 169 cm³/mol. The van der Waals surface area contributed by atoms with Crippen LogP contribution in [0.1, 0.15) is 82.1 Å². The van der Waals surface area contributed by atoms with Gasteiger partial charge in [0.25, 0.3) is 11.8 Å². The lowest BCUT2D eigenvalue weighted by atomic mass is 9.98. The quantitative estimate of drug-likeness (QED) is 0.197. The minimum atomic E-state index is -0.865. The van der Waals surface area contributed by atoms with Crippen LogP contribution in [0.2, 0.25) is 0 Å². The Bertz CT molecular complexity index is 1290. The fourth-order valence-corrected chi connectivity index (χ4v) is 5.11. The highest BCUT2D eigenvalue weighted by Crippen LogP contribution is 2.16. The molecule has 2 amide bonds. The first kappa shape index (κ1) is 33.0. The van der Waals surface area contributed by atoms with Gasteiger partial charge in [0.15, 0.2) is 0 Å². The highest BCUT2D eigenvalue weighted by Gasteiger charge is 2.24. The van der Waals surface area contributed by atoms with Crippen LogP contribution >= 0.6 is 0 Å². The van der Waals surface area contributed by atoms with Crippen molar-refractivity contribution in [1.82, 2.24) is 15.5 Å². The number of aryl methyl sites for hydroxylation is 2. The summed E-state index contributed by atoms with van der Waals surface area (Å²) in [6.45, 7) is 10.3. The molecule has 0 saturated heterocycles. The van der Waals surface area contributed by atoms with Gasteiger partial charge >= 0.3 is 0 Å². The Morgan fingerprint density at radius 3 is 2.12 bits per heavy atom. The lowest BCUT2D eigenvalue weighted by Gasteiger charge is -2.25. The van der Waals surface area contributed by atoms with E-state index in [4.69, 9.17) is 0 Å². The molecule has 0 spiro atoms. The van der Waals surface area contributed by atoms with Gasteiger partial charge < -0.3 is 25.7 Å². The minimum absolute atomic E-state index is 0.0471. The van der Waals surface area contributed by atoms with Gasteiger partial charge in [-0.2, -0.15) is 0 Å². The highest BCUT2D eigenvalue weighted by atomic mass is 16.3. The molecule has 42 heavy (non-hydrogen) atoms. The molecular weight excluding hydrogens is 526 g/mol. The van der Waals surface area contributed by atoms with E-state index in [9.17, 15) is 19.8 Å². The smallest absolute Gasteiger partial charge is 0.253 e. The number of nitrogens with zero attached hydrogens (tertiary/aromatic N) is 1. The Kier molecular flexibility index (Phi) is 13.2. The molecule has 0 fully saturated rings. The average molecular weight is 574 g/mol. The number of nitrogens with one attached hydrogen (secondary N) is 2. The molecule has 4 N–H and O–H groups in total. The number of aliphatic hydroxyl groups excluding tert-OH is 2. The van der Waals surface area contributed by atoms with Crippen molar-refractivity contribution < 1.29 is 19.8 Å². The van der Waals surface area contributed by atoms with Gasteiger partial charge in [-0.25, -0.2) is 0 Å². The number of carbonyl (C=O) groups excluding carboxylic acids is 2. The maximum absolute atomic E-state index is 13.6. The number of rotatable bonds is 16. The monoisotopic (exact) mass is 573 g/mol. The van der Waals surface area contributed by atoms with Crippen molar-refractivity contribution in [2.45, 2.75) is 78.7 Å². The van der Waals surface area contributed by atoms with Gasteiger partial charge in [-0.05, 0) is 78.6 Å². The number of hydrogen-bond donors (Lipinski definition) is 4. The summed E-state index contributed by atoms with van der Waals surface area (Å²) in [5.74, 6) is -0.412. The van der Waals surface area contributed by atoms with E-state index < -0.39 is 12.1 Å². The molecule has 0 radical (unpaired) electrons. The molecule has 0 unspecified atom stereocenters. The Morgan fingerprint density at radius 2 is 1.48 bits per heavy atom. The van der Waals surface area contributed by atoms with Crippen LogP contribution in [-0.2, 0) is 26.0 Å². The molecule has 3 aromatic rings. The van der Waals surface area contributed by atoms with E-state index >= 15 is 0 Å². The predicted octanol–water partition coefficient (Wildman–Crippen LogP) is 4.80. The van der Waals surface area contributed by atoms with Crippen LogP contribution in [0.4, 0.5) is 0 Å². The maximum Gasteiger partial charge on any atom is 0.253 e. The topological polar surface area (TPSA) is 102 Å². The van der Waals surface area contributed by atoms with Crippen LogP contribution < -0.4 is 10.6 Å². The molecule has 3 aromatic carbocycles. The number of hydrogen-bond acceptors (Lipinski definition) is 5. The van der Waals surface area contributed by atoms with E-state index in [1.807, 2.05) is 62.1 Å². The molecule has 0 aromatic heterocycles. The molecule has 0 bridgehead atoms. The van der Waals surface area contributed by atoms with E-state index in [1.54, 1.807) is 12.1 Å². The van der Waals surface area contributed by atoms with Crippen molar-refractivity contribution in [1.29, 1.82) is 0 Å². The summed E-state index contributed by atoms with van der Waals surface area (Å²) in [5, 5.41) is 27.1. The van der Waals surface area contributed by atoms with Crippen molar-refractivity contribution in [2.24, 2.45) is 0 Å². The molecule has 3 rings (SSSR count). The molecule has 0 saturated carbocycles. The summed E-state index contributed by atoms with van der Waals surface area (Å²) in [7, 11) is 0. The Hall–Kier alpha value is -3.52. The van der Waals surface area contributed by atoms with Crippen molar-refractivity contribution in [2.75, 3.05) is 19.6 Å². The third kappa shape index (κ3) is 9.79. The van der Waals surface area contributed by atoms with E-state index in [0.29, 0.717) is 37.2 Å². The van der Waals surface area contributed by atoms with Crippen LogP contribution in [0.3, 0.4) is 0 Å². The van der Waals surface area contributed by atoms with Crippen molar-refractivity contribution in [3.63, 3.8) is 0 Å². The van der Waals surface area contributed by atoms with Gasteiger partial charge in [0.1, 0.15) is 0 Å². The lowest BCUT2D eigenvalue weighted by Crippen LogP contribution is -2.48. The fraction of sp³-hybridized carbons (Fsp3) is 0.429. The van der Waals surface area contributed by atoms with E-state index in [-0.39, 0.29) is 25.0 Å². The number of benzene rings is 3. The van der Waals surface area contributed by atoms with Crippen molar-refractivity contribution >= 4 is 11.8 Å². The molecule has 0 aliphatic heterocycles. The lowest BCUT2D eigenvalue weighted by molar-refractivity contribution is 0.0755. The molecule has 0 aliphatic carbocycles. The molecule has 7 nitrogen and oxygen atoms in total. The van der Waals surface area contributed by atoms with E-state index in [0.717, 1.165) is 41.5 Å². The van der Waals surface area contributed by atoms with Crippen molar-refractivity contribution in [3.8, 4) is 0 Å². The zero-order chi connectivity index (χ0) is 30.5. The van der Waals surface area contributed by atoms with E-state index in [1.165, 1.54) is 5.56 Å². The molecule has 0 aliphatic rings. The third-order valence-electron chi connectivity index (χ3n) is 7.39. The first-order valence-electron chi connectivity index (χ1n) is 15.1. The molecule has 0 heterocycles. The largest absolute Gasteiger partial charge is 0.392 e. The highest BCUT2D eigenvalue weighted by molar-refractivity contribution is 6.00. The van der Waals surface area contributed by atoms with Gasteiger partial charge in [-0.1, -0.05) is 69.3 Å². The number of amides is 2. The van der Waals surface area contributed by atoms with Crippen LogP contribution in [0, 0.1) is 6.92 Å². The summed E-state index contributed by atoms with van der Waals surface area (Å²) < 4.78 is 0. The summed E-state index contributed by atoms with van der Waals surface area (Å²) in [6, 6.07) is 20.5. The van der Waals surface area contributed by atoms with Gasteiger partial charge in [-0.15, -0.1) is 0 Å². The first-order chi connectivity index (χ1) is 20.3. The average Bonchev–Trinajstić information content (AvgIpc) is 3.00. The van der Waals surface area contributed by atoms with Gasteiger partial charge in [0.05, 0.1) is 18.8 Å². The van der Waals surface area contributed by atoms with Gasteiger partial charge in [0.2, 0.25) is 0 Å². The SMILES string of the molecule is CCCN(CCC)C(=O)c1cc(C)cc(C(=O)N[C@@H](Cc2ccc(CO)cc2)[C@H](O)CNCc2cccc(CC)c2)c1. The Balaban J connectivity index is 1.78. The van der Waals surface area contributed by atoms with Crippen molar-refractivity contribution in [3.05, 3.63) is 106 Å². The molecule has 2 atom stereocenters. The second-order valence-electron chi connectivity index (χ2n) is 11.0. The Morgan fingerprint density at radius 1 is 0.833 bits per heavy atom. The summed E-state index contributed by atoms with van der Waals surface area (Å²) >= 11 is 0. The van der Waals surface area contributed by atoms with Gasteiger partial charge in [0, 0.05) is 37.3 Å². The van der Waals surface area contributed by atoms with Crippen LogP contribution in [0.25, 0.3) is 0 Å².